The van der Waals surface area contributed by atoms with E-state index < -0.39 is 0 Å². The van der Waals surface area contributed by atoms with Crippen molar-refractivity contribution in [1.29, 1.82) is 0 Å². The van der Waals surface area contributed by atoms with Gasteiger partial charge in [0, 0.05) is 31.3 Å². The zero-order valence-electron chi connectivity index (χ0n) is 18.2. The summed E-state index contributed by atoms with van der Waals surface area (Å²) in [6.07, 6.45) is 2.55. The van der Waals surface area contributed by atoms with E-state index in [4.69, 9.17) is 18.9 Å². The fraction of sp³-hybridized carbons (Fsp3) is 0.435. The molecule has 1 aliphatic carbocycles. The summed E-state index contributed by atoms with van der Waals surface area (Å²) in [7, 11) is 6.62. The lowest BCUT2D eigenvalue weighted by Crippen LogP contribution is -2.36. The summed E-state index contributed by atoms with van der Waals surface area (Å²) in [4.78, 5) is 4.32. The van der Waals surface area contributed by atoms with Gasteiger partial charge < -0.3 is 29.6 Å². The van der Waals surface area contributed by atoms with Crippen LogP contribution in [0.3, 0.4) is 0 Å². The topological polar surface area (TPSA) is 73.3 Å². The third kappa shape index (κ3) is 5.72. The quantitative estimate of drug-likeness (QED) is 0.460. The Bertz CT molecular complexity index is 840. The van der Waals surface area contributed by atoms with Gasteiger partial charge in [-0.05, 0) is 24.8 Å². The summed E-state index contributed by atoms with van der Waals surface area (Å²) >= 11 is 0. The van der Waals surface area contributed by atoms with Gasteiger partial charge in [0.15, 0.2) is 5.96 Å². The van der Waals surface area contributed by atoms with Crippen LogP contribution in [0.1, 0.15) is 24.0 Å². The van der Waals surface area contributed by atoms with Crippen LogP contribution in [0.25, 0.3) is 0 Å². The van der Waals surface area contributed by atoms with Crippen LogP contribution in [-0.4, -0.2) is 40.9 Å². The third-order valence-electron chi connectivity index (χ3n) is 5.06. The van der Waals surface area contributed by atoms with Crippen LogP contribution in [-0.2, 0) is 13.1 Å². The van der Waals surface area contributed by atoms with Gasteiger partial charge in [-0.1, -0.05) is 18.2 Å². The van der Waals surface area contributed by atoms with Gasteiger partial charge in [-0.3, -0.25) is 4.99 Å². The second-order valence-electron chi connectivity index (χ2n) is 7.15. The van der Waals surface area contributed by atoms with Gasteiger partial charge in [-0.2, -0.15) is 0 Å². The van der Waals surface area contributed by atoms with E-state index in [1.165, 1.54) is 12.8 Å². The van der Waals surface area contributed by atoms with Crippen molar-refractivity contribution in [3.05, 3.63) is 47.5 Å². The van der Waals surface area contributed by atoms with E-state index >= 15 is 0 Å². The molecule has 0 atom stereocenters. The molecule has 3 rings (SSSR count). The molecule has 1 fully saturated rings. The van der Waals surface area contributed by atoms with Gasteiger partial charge in [0.1, 0.15) is 23.0 Å². The number of ether oxygens (including phenoxy) is 4. The molecule has 1 aliphatic rings. The average Bonchev–Trinajstić information content (AvgIpc) is 3.62. The molecule has 0 aromatic heterocycles. The molecule has 0 aliphatic heterocycles. The highest BCUT2D eigenvalue weighted by Crippen LogP contribution is 2.34. The number of para-hydroxylation sites is 1. The minimum absolute atomic E-state index is 0.482. The van der Waals surface area contributed by atoms with Crippen LogP contribution >= 0.6 is 0 Å². The Morgan fingerprint density at radius 3 is 2.20 bits per heavy atom. The van der Waals surface area contributed by atoms with E-state index in [0.29, 0.717) is 36.3 Å². The number of hydrogen-bond donors (Lipinski definition) is 2. The summed E-state index contributed by atoms with van der Waals surface area (Å²) in [6, 6.07) is 11.8. The molecule has 0 bridgehead atoms. The molecule has 7 heteroatoms. The molecule has 0 saturated heterocycles. The van der Waals surface area contributed by atoms with Crippen LogP contribution in [0.5, 0.6) is 23.0 Å². The molecule has 2 aromatic rings. The van der Waals surface area contributed by atoms with Crippen molar-refractivity contribution >= 4 is 5.96 Å². The SMILES string of the molecule is CN=C(NCc1ccccc1OCC1CC1)NCc1c(OC)cc(OC)cc1OC. The molecule has 0 amide bonds. The van der Waals surface area contributed by atoms with Crippen molar-refractivity contribution in [1.82, 2.24) is 10.6 Å². The van der Waals surface area contributed by atoms with Crippen molar-refractivity contribution in [2.45, 2.75) is 25.9 Å². The minimum atomic E-state index is 0.482. The van der Waals surface area contributed by atoms with Gasteiger partial charge >= 0.3 is 0 Å². The molecule has 0 spiro atoms. The number of guanidine groups is 1. The second kappa shape index (κ2) is 10.6. The van der Waals surface area contributed by atoms with Crippen LogP contribution in [0, 0.1) is 5.92 Å². The third-order valence-corrected chi connectivity index (χ3v) is 5.06. The Balaban J connectivity index is 1.62. The Hall–Kier alpha value is -3.09. The first-order valence-electron chi connectivity index (χ1n) is 10.1. The minimum Gasteiger partial charge on any atom is -0.496 e. The first kappa shape index (κ1) is 21.6. The lowest BCUT2D eigenvalue weighted by atomic mass is 10.1. The number of rotatable bonds is 10. The normalized spacial score (nSPS) is 13.5. The summed E-state index contributed by atoms with van der Waals surface area (Å²) < 4.78 is 22.3. The number of nitrogens with zero attached hydrogens (tertiary/aromatic N) is 1. The zero-order chi connectivity index (χ0) is 21.3. The van der Waals surface area contributed by atoms with Crippen molar-refractivity contribution in [2.24, 2.45) is 10.9 Å². The summed E-state index contributed by atoms with van der Waals surface area (Å²) in [6.45, 7) is 1.88. The molecule has 30 heavy (non-hydrogen) atoms. The summed E-state index contributed by atoms with van der Waals surface area (Å²) in [5.41, 5.74) is 1.98. The molecule has 162 valence electrons. The molecular formula is C23H31N3O4. The molecule has 0 heterocycles. The predicted octanol–water partition coefficient (Wildman–Crippen LogP) is 3.37. The maximum atomic E-state index is 5.99. The predicted molar refractivity (Wildman–Crippen MR) is 118 cm³/mol. The van der Waals surface area contributed by atoms with E-state index in [-0.39, 0.29) is 0 Å². The van der Waals surface area contributed by atoms with Gasteiger partial charge in [0.2, 0.25) is 0 Å². The Kier molecular flexibility index (Phi) is 7.65. The maximum Gasteiger partial charge on any atom is 0.191 e. The van der Waals surface area contributed by atoms with Crippen molar-refractivity contribution in [3.63, 3.8) is 0 Å². The number of aliphatic imine (C=N–C) groups is 1. The molecule has 2 N–H and O–H groups in total. The van der Waals surface area contributed by atoms with Crippen molar-refractivity contribution in [2.75, 3.05) is 35.0 Å². The average molecular weight is 414 g/mol. The molecule has 0 radical (unpaired) electrons. The van der Waals surface area contributed by atoms with Crippen molar-refractivity contribution in [3.8, 4) is 23.0 Å². The largest absolute Gasteiger partial charge is 0.496 e. The highest BCUT2D eigenvalue weighted by molar-refractivity contribution is 5.79. The highest BCUT2D eigenvalue weighted by Gasteiger charge is 2.22. The lowest BCUT2D eigenvalue weighted by Gasteiger charge is -2.18. The van der Waals surface area contributed by atoms with E-state index in [9.17, 15) is 0 Å². The van der Waals surface area contributed by atoms with Gasteiger partial charge in [-0.25, -0.2) is 0 Å². The van der Waals surface area contributed by atoms with Crippen LogP contribution < -0.4 is 29.6 Å². The van der Waals surface area contributed by atoms with E-state index in [1.807, 2.05) is 30.3 Å². The van der Waals surface area contributed by atoms with Crippen molar-refractivity contribution < 1.29 is 18.9 Å². The smallest absolute Gasteiger partial charge is 0.191 e. The Morgan fingerprint density at radius 2 is 1.60 bits per heavy atom. The fourth-order valence-electron chi connectivity index (χ4n) is 3.11. The first-order chi connectivity index (χ1) is 14.7. The number of benzene rings is 2. The Labute approximate surface area is 178 Å². The molecule has 0 unspecified atom stereocenters. The number of methoxy groups -OCH3 is 3. The van der Waals surface area contributed by atoms with E-state index in [1.54, 1.807) is 28.4 Å². The number of nitrogens with one attached hydrogen (secondary N) is 2. The fourth-order valence-corrected chi connectivity index (χ4v) is 3.11. The van der Waals surface area contributed by atoms with Crippen LogP contribution in [0.4, 0.5) is 0 Å². The Morgan fingerprint density at radius 1 is 0.933 bits per heavy atom. The second-order valence-corrected chi connectivity index (χ2v) is 7.15. The molecule has 1 saturated carbocycles. The van der Waals surface area contributed by atoms with Gasteiger partial charge in [-0.15, -0.1) is 0 Å². The molecule has 7 nitrogen and oxygen atoms in total. The highest BCUT2D eigenvalue weighted by atomic mass is 16.5. The first-order valence-corrected chi connectivity index (χ1v) is 10.1. The summed E-state index contributed by atoms with van der Waals surface area (Å²) in [5.74, 6) is 4.37. The van der Waals surface area contributed by atoms with Crippen LogP contribution in [0.15, 0.2) is 41.4 Å². The maximum absolute atomic E-state index is 5.99. The standard InChI is InChI=1S/C23H31N3O4/c1-24-23(25-13-17-7-5-6-8-20(17)30-15-16-9-10-16)26-14-19-21(28-3)11-18(27-2)12-22(19)29-4/h5-8,11-12,16H,9-10,13-15H2,1-4H3,(H2,24,25,26). The monoisotopic (exact) mass is 413 g/mol. The van der Waals surface area contributed by atoms with Gasteiger partial charge in [0.05, 0.1) is 40.0 Å². The van der Waals surface area contributed by atoms with Crippen LogP contribution in [0.2, 0.25) is 0 Å². The van der Waals surface area contributed by atoms with Gasteiger partial charge in [0.25, 0.3) is 0 Å². The number of hydrogen-bond acceptors (Lipinski definition) is 5. The zero-order valence-corrected chi connectivity index (χ0v) is 18.2. The molecular weight excluding hydrogens is 382 g/mol. The molecule has 2 aromatic carbocycles. The van der Waals surface area contributed by atoms with E-state index in [0.717, 1.165) is 29.4 Å². The van der Waals surface area contributed by atoms with E-state index in [2.05, 4.69) is 21.7 Å². The summed E-state index contributed by atoms with van der Waals surface area (Å²) in [5, 5.41) is 6.67. The lowest BCUT2D eigenvalue weighted by molar-refractivity contribution is 0.296.